The van der Waals surface area contributed by atoms with Crippen LogP contribution < -0.4 is 20.6 Å². The van der Waals surface area contributed by atoms with E-state index in [-0.39, 0.29) is 17.3 Å². The lowest BCUT2D eigenvalue weighted by molar-refractivity contribution is 0.0948. The molecule has 3 aromatic rings. The van der Waals surface area contributed by atoms with Gasteiger partial charge in [-0.05, 0) is 36.5 Å². The number of carbonyl (C=O) groups is 1. The monoisotopic (exact) mass is 415 g/mol. The number of nitrogens with zero attached hydrogens (tertiary/aromatic N) is 7. The molecular formula is C17H21N9O4. The summed E-state index contributed by atoms with van der Waals surface area (Å²) in [5.41, 5.74) is 9.29. The molecule has 0 unspecified atom stereocenters. The van der Waals surface area contributed by atoms with Gasteiger partial charge >= 0.3 is 0 Å². The number of rotatable bonds is 8. The van der Waals surface area contributed by atoms with Gasteiger partial charge in [0.05, 0.1) is 26.1 Å². The lowest BCUT2D eigenvalue weighted by Crippen LogP contribution is -2.23. The molecule has 13 heteroatoms. The Hall–Kier alpha value is -4.00. The van der Waals surface area contributed by atoms with E-state index in [4.69, 9.17) is 15.2 Å². The summed E-state index contributed by atoms with van der Waals surface area (Å²) in [7, 11) is 6.71. The maximum absolute atomic E-state index is 12.7. The third-order valence-electron chi connectivity index (χ3n) is 3.94. The van der Waals surface area contributed by atoms with Gasteiger partial charge < -0.3 is 20.1 Å². The van der Waals surface area contributed by atoms with Gasteiger partial charge in [-0.25, -0.2) is 10.1 Å². The molecule has 2 aromatic heterocycles. The van der Waals surface area contributed by atoms with E-state index in [1.807, 2.05) is 19.0 Å². The summed E-state index contributed by atoms with van der Waals surface area (Å²) in [4.78, 5) is 14.5. The number of aromatic nitrogens is 5. The Bertz CT molecular complexity index is 1060. The number of carbonyl (C=O) groups excluding carboxylic acids is 1. The Labute approximate surface area is 171 Å². The summed E-state index contributed by atoms with van der Waals surface area (Å²) in [6.07, 6.45) is 1.44. The Balaban J connectivity index is 1.85. The normalized spacial score (nSPS) is 11.2. The van der Waals surface area contributed by atoms with E-state index < -0.39 is 5.91 Å². The van der Waals surface area contributed by atoms with Crippen LogP contribution in [0.1, 0.15) is 21.7 Å². The largest absolute Gasteiger partial charge is 0.493 e. The van der Waals surface area contributed by atoms with Crippen molar-refractivity contribution >= 4 is 17.9 Å². The molecule has 0 spiro atoms. The second-order valence-corrected chi connectivity index (χ2v) is 6.29. The maximum atomic E-state index is 12.7. The third-order valence-corrected chi connectivity index (χ3v) is 3.94. The number of para-hydroxylation sites is 1. The van der Waals surface area contributed by atoms with E-state index in [0.29, 0.717) is 29.3 Å². The van der Waals surface area contributed by atoms with Crippen molar-refractivity contribution in [2.75, 3.05) is 34.0 Å². The molecular weight excluding hydrogens is 394 g/mol. The zero-order valence-corrected chi connectivity index (χ0v) is 16.9. The van der Waals surface area contributed by atoms with Crippen molar-refractivity contribution in [3.63, 3.8) is 0 Å². The minimum absolute atomic E-state index is 0.0232. The summed E-state index contributed by atoms with van der Waals surface area (Å²) < 4.78 is 16.5. The van der Waals surface area contributed by atoms with Gasteiger partial charge in [0.2, 0.25) is 11.6 Å². The number of benzene rings is 1. The summed E-state index contributed by atoms with van der Waals surface area (Å²) in [5.74, 6) is 0.637. The maximum Gasteiger partial charge on any atom is 0.293 e. The minimum Gasteiger partial charge on any atom is -0.493 e. The molecule has 3 rings (SSSR count). The molecule has 2 heterocycles. The summed E-state index contributed by atoms with van der Waals surface area (Å²) in [5, 5.41) is 19.1. The molecule has 0 aliphatic rings. The van der Waals surface area contributed by atoms with Gasteiger partial charge in [-0.3, -0.25) is 4.79 Å². The number of methoxy groups -OCH3 is 2. The molecule has 0 saturated carbocycles. The first-order valence-electron chi connectivity index (χ1n) is 8.68. The number of anilines is 1. The standard InChI is InChI=1S/C17H21N9O4/c1-25(2)9-11-13(20-24-26(11)16-15(18)22-30-23-16)17(27)21-19-8-10-6-5-7-12(28-3)14(10)29-4/h5-8H,9H2,1-4H3,(H2,18,22)(H,21,27)/b19-8-. The van der Waals surface area contributed by atoms with Gasteiger partial charge in [-0.2, -0.15) is 9.78 Å². The van der Waals surface area contributed by atoms with E-state index >= 15 is 0 Å². The van der Waals surface area contributed by atoms with Crippen LogP contribution in [0.15, 0.2) is 27.9 Å². The van der Waals surface area contributed by atoms with Gasteiger partial charge in [-0.1, -0.05) is 11.3 Å². The summed E-state index contributed by atoms with van der Waals surface area (Å²) >= 11 is 0. The average molecular weight is 415 g/mol. The Kier molecular flexibility index (Phi) is 6.22. The first kappa shape index (κ1) is 20.7. The highest BCUT2D eigenvalue weighted by molar-refractivity contribution is 5.94. The fourth-order valence-corrected chi connectivity index (χ4v) is 2.65. The number of ether oxygens (including phenoxy) is 2. The van der Waals surface area contributed by atoms with Crippen LogP contribution in [0.5, 0.6) is 11.5 Å². The van der Waals surface area contributed by atoms with Gasteiger partial charge in [-0.15, -0.1) is 5.10 Å². The number of hydrogen-bond donors (Lipinski definition) is 2. The molecule has 1 aromatic carbocycles. The predicted octanol–water partition coefficient (Wildman–Crippen LogP) is 0.0752. The van der Waals surface area contributed by atoms with Crippen LogP contribution in [-0.2, 0) is 6.54 Å². The van der Waals surface area contributed by atoms with E-state index in [0.717, 1.165) is 0 Å². The van der Waals surface area contributed by atoms with Crippen LogP contribution in [-0.4, -0.2) is 70.6 Å². The van der Waals surface area contributed by atoms with Crippen LogP contribution in [0.4, 0.5) is 5.82 Å². The molecule has 0 aliphatic heterocycles. The van der Waals surface area contributed by atoms with Crippen LogP contribution in [0.3, 0.4) is 0 Å². The van der Waals surface area contributed by atoms with Crippen molar-refractivity contribution in [2.45, 2.75) is 6.54 Å². The van der Waals surface area contributed by atoms with Crippen molar-refractivity contribution in [1.29, 1.82) is 0 Å². The molecule has 30 heavy (non-hydrogen) atoms. The second-order valence-electron chi connectivity index (χ2n) is 6.29. The molecule has 0 atom stereocenters. The van der Waals surface area contributed by atoms with Crippen molar-refractivity contribution in [1.82, 2.24) is 35.6 Å². The van der Waals surface area contributed by atoms with Gasteiger partial charge in [0, 0.05) is 12.1 Å². The summed E-state index contributed by atoms with van der Waals surface area (Å²) in [6, 6.07) is 5.30. The number of hydrazone groups is 1. The van der Waals surface area contributed by atoms with Crippen LogP contribution >= 0.6 is 0 Å². The van der Waals surface area contributed by atoms with Crippen LogP contribution in [0, 0.1) is 0 Å². The van der Waals surface area contributed by atoms with Crippen molar-refractivity contribution < 1.29 is 18.9 Å². The molecule has 158 valence electrons. The van der Waals surface area contributed by atoms with Crippen LogP contribution in [0.2, 0.25) is 0 Å². The predicted molar refractivity (Wildman–Crippen MR) is 106 cm³/mol. The van der Waals surface area contributed by atoms with E-state index in [2.05, 4.69) is 35.8 Å². The number of hydrogen-bond acceptors (Lipinski definition) is 11. The minimum atomic E-state index is -0.564. The first-order chi connectivity index (χ1) is 14.5. The number of nitrogens with two attached hydrogens (primary N) is 1. The van der Waals surface area contributed by atoms with Gasteiger partial charge in [0.1, 0.15) is 0 Å². The highest BCUT2D eigenvalue weighted by atomic mass is 16.6. The number of nitrogen functional groups attached to an aromatic ring is 1. The molecule has 0 bridgehead atoms. The Morgan fingerprint density at radius 1 is 1.33 bits per heavy atom. The van der Waals surface area contributed by atoms with E-state index in [1.165, 1.54) is 25.1 Å². The molecule has 1 amide bonds. The Morgan fingerprint density at radius 2 is 2.13 bits per heavy atom. The van der Waals surface area contributed by atoms with Gasteiger partial charge in [0.25, 0.3) is 5.91 Å². The molecule has 0 saturated heterocycles. The van der Waals surface area contributed by atoms with Gasteiger partial charge in [0.15, 0.2) is 17.2 Å². The smallest absolute Gasteiger partial charge is 0.293 e. The summed E-state index contributed by atoms with van der Waals surface area (Å²) in [6.45, 7) is 0.329. The molecule has 0 aliphatic carbocycles. The lowest BCUT2D eigenvalue weighted by atomic mass is 10.2. The van der Waals surface area contributed by atoms with E-state index in [9.17, 15) is 4.79 Å². The highest BCUT2D eigenvalue weighted by Crippen LogP contribution is 2.29. The average Bonchev–Trinajstić information content (AvgIpc) is 3.32. The van der Waals surface area contributed by atoms with Crippen LogP contribution in [0.25, 0.3) is 5.82 Å². The van der Waals surface area contributed by atoms with Crippen molar-refractivity contribution in [2.24, 2.45) is 5.10 Å². The third kappa shape index (κ3) is 4.20. The first-order valence-corrected chi connectivity index (χ1v) is 8.68. The van der Waals surface area contributed by atoms with E-state index in [1.54, 1.807) is 18.2 Å². The lowest BCUT2D eigenvalue weighted by Gasteiger charge is -2.11. The molecule has 0 fully saturated rings. The zero-order valence-electron chi connectivity index (χ0n) is 16.9. The number of nitrogens with one attached hydrogen (secondary N) is 1. The zero-order chi connectivity index (χ0) is 21.7. The fourth-order valence-electron chi connectivity index (χ4n) is 2.65. The Morgan fingerprint density at radius 3 is 2.77 bits per heavy atom. The molecule has 0 radical (unpaired) electrons. The molecule has 3 N–H and O–H groups in total. The van der Waals surface area contributed by atoms with Crippen molar-refractivity contribution in [3.05, 3.63) is 35.2 Å². The number of amides is 1. The topological polar surface area (TPSA) is 159 Å². The molecule has 13 nitrogen and oxygen atoms in total. The quantitative estimate of drug-likeness (QED) is 0.381. The SMILES string of the molecule is COc1cccc(/C=N\NC(=O)c2nnn(-c3nonc3N)c2CN(C)C)c1OC. The highest BCUT2D eigenvalue weighted by Gasteiger charge is 2.24. The fraction of sp³-hybridized carbons (Fsp3) is 0.294. The second kappa shape index (κ2) is 9.00. The van der Waals surface area contributed by atoms with Crippen molar-refractivity contribution in [3.8, 4) is 17.3 Å².